The van der Waals surface area contributed by atoms with Crippen LogP contribution in [0.3, 0.4) is 0 Å². The van der Waals surface area contributed by atoms with Crippen molar-refractivity contribution < 1.29 is 38.6 Å². The van der Waals surface area contributed by atoms with E-state index in [0.717, 1.165) is 0 Å². The zero-order valence-corrected chi connectivity index (χ0v) is 9.14. The minimum Gasteiger partial charge on any atom is -0.465 e. The van der Waals surface area contributed by atoms with E-state index in [4.69, 9.17) is 24.7 Å². The van der Waals surface area contributed by atoms with Gasteiger partial charge in [0.25, 0.3) is 0 Å². The molecule has 0 aliphatic heterocycles. The Balaban J connectivity index is 4.50. The summed E-state index contributed by atoms with van der Waals surface area (Å²) in [5.74, 6) is 0. The highest BCUT2D eigenvalue weighted by Gasteiger charge is 2.42. The van der Waals surface area contributed by atoms with Crippen LogP contribution < -0.4 is 5.32 Å². The van der Waals surface area contributed by atoms with Crippen LogP contribution in [-0.4, -0.2) is 42.7 Å². The summed E-state index contributed by atoms with van der Waals surface area (Å²) >= 11 is 0. The number of rotatable bonds is 5. The van der Waals surface area contributed by atoms with Gasteiger partial charge in [-0.3, -0.25) is 9.13 Å². The Morgan fingerprint density at radius 2 is 1.53 bits per heavy atom. The molecular weight excluding hydrogens is 252 g/mol. The fourth-order valence-corrected chi connectivity index (χ4v) is 3.34. The van der Waals surface area contributed by atoms with Gasteiger partial charge in [0.05, 0.1) is 0 Å². The van der Waals surface area contributed by atoms with E-state index >= 15 is 0 Å². The Morgan fingerprint density at radius 1 is 1.13 bits per heavy atom. The maximum absolute atomic E-state index is 10.7. The quantitative estimate of drug-likeness (QED) is 0.355. The van der Waals surface area contributed by atoms with Crippen molar-refractivity contribution in [1.29, 1.82) is 0 Å². The fourth-order valence-electron chi connectivity index (χ4n) is 0.840. The normalized spacial score (nSPS) is 12.9. The minimum atomic E-state index is -4.95. The van der Waals surface area contributed by atoms with Crippen molar-refractivity contribution >= 4 is 21.3 Å². The summed E-state index contributed by atoms with van der Waals surface area (Å²) in [6.07, 6.45) is -2.08. The maximum atomic E-state index is 10.7. The van der Waals surface area contributed by atoms with Crippen LogP contribution in [0.25, 0.3) is 0 Å². The van der Waals surface area contributed by atoms with E-state index in [1.54, 1.807) is 5.32 Å². The van der Waals surface area contributed by atoms with Crippen molar-refractivity contribution in [3.63, 3.8) is 0 Å². The second-order valence-electron chi connectivity index (χ2n) is 2.68. The van der Waals surface area contributed by atoms with E-state index in [-0.39, 0.29) is 0 Å². The van der Waals surface area contributed by atoms with Gasteiger partial charge in [0.15, 0.2) is 5.40 Å². The third kappa shape index (κ3) is 5.88. The molecule has 1 amide bonds. The summed E-state index contributed by atoms with van der Waals surface area (Å²) in [5.41, 5.74) is 0. The van der Waals surface area contributed by atoms with Crippen LogP contribution in [0.2, 0.25) is 0 Å². The lowest BCUT2D eigenvalue weighted by molar-refractivity contribution is 0.194. The molecule has 0 bridgehead atoms. The predicted octanol–water partition coefficient (Wildman–Crippen LogP) is -0.674. The molecule has 0 unspecified atom stereocenters. The van der Waals surface area contributed by atoms with E-state index in [9.17, 15) is 13.9 Å². The van der Waals surface area contributed by atoms with Gasteiger partial charge in [-0.25, -0.2) is 4.79 Å². The Kier molecular flexibility index (Phi) is 4.92. The van der Waals surface area contributed by atoms with Crippen molar-refractivity contribution in [1.82, 2.24) is 5.32 Å². The lowest BCUT2D eigenvalue weighted by Crippen LogP contribution is -2.25. The molecule has 6 N–H and O–H groups in total. The van der Waals surface area contributed by atoms with Crippen molar-refractivity contribution in [2.45, 2.75) is 11.8 Å². The molecule has 0 radical (unpaired) electrons. The van der Waals surface area contributed by atoms with Crippen molar-refractivity contribution in [2.75, 3.05) is 6.54 Å². The molecule has 0 rings (SSSR count). The molecular formula is C4H11NO8P2. The van der Waals surface area contributed by atoms with Crippen LogP contribution in [0, 0.1) is 0 Å². The summed E-state index contributed by atoms with van der Waals surface area (Å²) in [4.78, 5) is 44.5. The molecule has 0 fully saturated rings. The van der Waals surface area contributed by atoms with Crippen LogP contribution in [0.1, 0.15) is 6.42 Å². The lowest BCUT2D eigenvalue weighted by Gasteiger charge is -2.18. The third-order valence-corrected chi connectivity index (χ3v) is 5.33. The Labute approximate surface area is 84.4 Å². The molecule has 11 heteroatoms. The Hall–Kier alpha value is -0.430. The fraction of sp³-hybridized carbons (Fsp3) is 0.750. The number of nitrogens with one attached hydrogen (secondary N) is 1. The van der Waals surface area contributed by atoms with E-state index in [1.165, 1.54) is 0 Å². The molecule has 0 heterocycles. The first-order valence-corrected chi connectivity index (χ1v) is 6.98. The third-order valence-electron chi connectivity index (χ3n) is 1.46. The zero-order valence-electron chi connectivity index (χ0n) is 7.35. The lowest BCUT2D eigenvalue weighted by atomic mass is 10.5. The van der Waals surface area contributed by atoms with Crippen molar-refractivity contribution in [3.05, 3.63) is 0 Å². The highest BCUT2D eigenvalue weighted by atomic mass is 31.2. The summed E-state index contributed by atoms with van der Waals surface area (Å²) in [7, 11) is -9.91. The smallest absolute Gasteiger partial charge is 0.404 e. The Bertz CT molecular complexity index is 295. The number of carboxylic acid groups (broad SMARTS) is 1. The van der Waals surface area contributed by atoms with Gasteiger partial charge in [-0.05, 0) is 6.42 Å². The molecule has 0 atom stereocenters. The molecule has 90 valence electrons. The first kappa shape index (κ1) is 14.6. The highest BCUT2D eigenvalue weighted by Crippen LogP contribution is 2.61. The standard InChI is InChI=1S/C4H11NO8P2/c6-4(7)5-2-1-3(14(8,9)10)15(11,12)13/h3,5H,1-2H2,(H,6,7)(H2,8,9,10)(H2,11,12,13). The number of hydrogen-bond donors (Lipinski definition) is 6. The van der Waals surface area contributed by atoms with E-state index < -0.39 is 39.7 Å². The average Bonchev–Trinajstić information content (AvgIpc) is 1.92. The zero-order chi connectivity index (χ0) is 12.3. The van der Waals surface area contributed by atoms with Crippen molar-refractivity contribution in [2.24, 2.45) is 0 Å². The van der Waals surface area contributed by atoms with Gasteiger partial charge in [0, 0.05) is 6.54 Å². The monoisotopic (exact) mass is 263 g/mol. The average molecular weight is 263 g/mol. The SMILES string of the molecule is O=C(O)NCCC(P(=O)(O)O)P(=O)(O)O. The molecule has 0 aromatic rings. The van der Waals surface area contributed by atoms with E-state index in [2.05, 4.69) is 0 Å². The largest absolute Gasteiger partial charge is 0.465 e. The number of amides is 1. The first-order valence-electron chi connectivity index (χ1n) is 3.62. The van der Waals surface area contributed by atoms with Crippen LogP contribution in [0.4, 0.5) is 4.79 Å². The molecule has 9 nitrogen and oxygen atoms in total. The topological polar surface area (TPSA) is 164 Å². The highest BCUT2D eigenvalue weighted by molar-refractivity contribution is 7.70. The molecule has 0 aromatic heterocycles. The first-order chi connectivity index (χ1) is 6.55. The maximum Gasteiger partial charge on any atom is 0.404 e. The van der Waals surface area contributed by atoms with Crippen molar-refractivity contribution in [3.8, 4) is 0 Å². The molecule has 0 aromatic carbocycles. The molecule has 0 saturated carbocycles. The van der Waals surface area contributed by atoms with Crippen LogP contribution in [0.15, 0.2) is 0 Å². The molecule has 0 spiro atoms. The molecule has 15 heavy (non-hydrogen) atoms. The van der Waals surface area contributed by atoms with Gasteiger partial charge >= 0.3 is 21.3 Å². The van der Waals surface area contributed by atoms with Gasteiger partial charge in [0.1, 0.15) is 0 Å². The molecule has 0 aliphatic rings. The van der Waals surface area contributed by atoms with Gasteiger partial charge < -0.3 is 30.0 Å². The van der Waals surface area contributed by atoms with Gasteiger partial charge in [-0.2, -0.15) is 0 Å². The summed E-state index contributed by atoms with van der Waals surface area (Å²) in [6.45, 7) is -0.448. The van der Waals surface area contributed by atoms with E-state index in [0.29, 0.717) is 0 Å². The van der Waals surface area contributed by atoms with Crippen LogP contribution >= 0.6 is 15.2 Å². The molecule has 0 aliphatic carbocycles. The number of carbonyl (C=O) groups is 1. The second-order valence-corrected chi connectivity index (χ2v) is 6.69. The minimum absolute atomic E-state index is 0.448. The van der Waals surface area contributed by atoms with Gasteiger partial charge in [-0.1, -0.05) is 0 Å². The second kappa shape index (κ2) is 5.07. The predicted molar refractivity (Wildman–Crippen MR) is 48.5 cm³/mol. The van der Waals surface area contributed by atoms with E-state index in [1.807, 2.05) is 0 Å². The molecule has 0 saturated heterocycles. The summed E-state index contributed by atoms with van der Waals surface area (Å²) < 4.78 is 21.4. The summed E-state index contributed by atoms with van der Waals surface area (Å²) in [6, 6.07) is 0. The van der Waals surface area contributed by atoms with Crippen LogP contribution in [-0.2, 0) is 9.13 Å². The number of hydrogen-bond acceptors (Lipinski definition) is 3. The van der Waals surface area contributed by atoms with Gasteiger partial charge in [-0.15, -0.1) is 0 Å². The van der Waals surface area contributed by atoms with Crippen LogP contribution in [0.5, 0.6) is 0 Å². The summed E-state index contributed by atoms with van der Waals surface area (Å²) in [5, 5.41) is 7.71. The van der Waals surface area contributed by atoms with Gasteiger partial charge in [0.2, 0.25) is 0 Å². The Morgan fingerprint density at radius 3 is 1.80 bits per heavy atom.